The van der Waals surface area contributed by atoms with Crippen LogP contribution < -0.4 is 5.32 Å². The van der Waals surface area contributed by atoms with E-state index >= 15 is 0 Å². The monoisotopic (exact) mass is 183 g/mol. The molecule has 0 saturated heterocycles. The summed E-state index contributed by atoms with van der Waals surface area (Å²) in [6, 6.07) is 9.49. The molecule has 0 aliphatic heterocycles. The third kappa shape index (κ3) is 3.52. The first-order valence-corrected chi connectivity index (χ1v) is 6.42. The van der Waals surface area contributed by atoms with E-state index in [4.69, 9.17) is 9.59 Å². The summed E-state index contributed by atoms with van der Waals surface area (Å²) in [6.45, 7) is 1.48. The normalized spacial score (nSPS) is 11.2. The molecule has 1 aromatic rings. The van der Waals surface area contributed by atoms with E-state index in [1.807, 2.05) is 30.3 Å². The lowest BCUT2D eigenvalue weighted by atomic mass is 10.3. The molecule has 4 heteroatoms. The fourth-order valence-electron chi connectivity index (χ4n) is 0.826. The highest BCUT2D eigenvalue weighted by molar-refractivity contribution is 6.63. The van der Waals surface area contributed by atoms with Crippen LogP contribution in [0.4, 0.5) is 5.69 Å². The Kier molecular flexibility index (Phi) is 2.86. The van der Waals surface area contributed by atoms with E-state index in [0.717, 1.165) is 5.69 Å². The molecule has 0 aliphatic rings. The van der Waals surface area contributed by atoms with Crippen LogP contribution in [-0.2, 0) is 0 Å². The third-order valence-corrected chi connectivity index (χ3v) is 2.25. The summed E-state index contributed by atoms with van der Waals surface area (Å²) >= 11 is 0. The van der Waals surface area contributed by atoms with Crippen molar-refractivity contribution in [3.05, 3.63) is 30.3 Å². The zero-order valence-electron chi connectivity index (χ0n) is 6.99. The van der Waals surface area contributed by atoms with Gasteiger partial charge in [-0.25, -0.2) is 0 Å². The fraction of sp³-hybridized carbons (Fsp3) is 0.250. The zero-order chi connectivity index (χ0) is 9.03. The van der Waals surface area contributed by atoms with Crippen molar-refractivity contribution in [3.63, 3.8) is 0 Å². The molecule has 0 fully saturated rings. The summed E-state index contributed by atoms with van der Waals surface area (Å²) in [7, 11) is -2.95. The Labute approximate surface area is 72.9 Å². The Morgan fingerprint density at radius 2 is 1.83 bits per heavy atom. The highest BCUT2D eigenvalue weighted by atomic mass is 28.4. The number of nitrogens with one attached hydrogen (secondary N) is 1. The smallest absolute Gasteiger partial charge is 0.349 e. The minimum atomic E-state index is -2.95. The van der Waals surface area contributed by atoms with Crippen LogP contribution in [0.2, 0.25) is 6.55 Å². The maximum absolute atomic E-state index is 9.11. The first kappa shape index (κ1) is 9.25. The van der Waals surface area contributed by atoms with E-state index in [9.17, 15) is 0 Å². The molecular formula is C8H13NO2Si. The van der Waals surface area contributed by atoms with Crippen molar-refractivity contribution in [1.29, 1.82) is 0 Å². The Balaban J connectivity index is 2.44. The van der Waals surface area contributed by atoms with Gasteiger partial charge in [-0.05, 0) is 18.7 Å². The van der Waals surface area contributed by atoms with Crippen molar-refractivity contribution in [1.82, 2.24) is 0 Å². The molecule has 0 atom stereocenters. The number of para-hydroxylation sites is 1. The number of rotatable bonds is 3. The van der Waals surface area contributed by atoms with E-state index < -0.39 is 8.56 Å². The minimum Gasteiger partial charge on any atom is -0.410 e. The maximum Gasteiger partial charge on any atom is 0.349 e. The van der Waals surface area contributed by atoms with Crippen molar-refractivity contribution in [3.8, 4) is 0 Å². The lowest BCUT2D eigenvalue weighted by molar-refractivity contribution is 0.375. The molecule has 0 spiro atoms. The molecule has 0 saturated carbocycles. The van der Waals surface area contributed by atoms with Crippen LogP contribution in [-0.4, -0.2) is 24.3 Å². The summed E-state index contributed by atoms with van der Waals surface area (Å²) in [5.41, 5.74) is 0.916. The molecule has 1 aromatic carbocycles. The maximum atomic E-state index is 9.11. The molecule has 1 rings (SSSR count). The summed E-state index contributed by atoms with van der Waals surface area (Å²) in [4.78, 5) is 18.2. The van der Waals surface area contributed by atoms with Crippen molar-refractivity contribution in [2.45, 2.75) is 6.55 Å². The molecule has 0 aliphatic carbocycles. The van der Waals surface area contributed by atoms with Gasteiger partial charge in [-0.15, -0.1) is 0 Å². The van der Waals surface area contributed by atoms with Gasteiger partial charge in [-0.2, -0.15) is 0 Å². The zero-order valence-corrected chi connectivity index (χ0v) is 7.99. The molecule has 3 nitrogen and oxygen atoms in total. The quantitative estimate of drug-likeness (QED) is 0.604. The van der Waals surface area contributed by atoms with E-state index in [1.54, 1.807) is 0 Å². The standard InChI is InChI=1S/C8H13NO2Si/c1-12(10,11)7-9-8-5-3-2-4-6-8/h2-6,9-11H,7H2,1H3. The second-order valence-corrected chi connectivity index (χ2v) is 5.72. The largest absolute Gasteiger partial charge is 0.410 e. The van der Waals surface area contributed by atoms with Crippen LogP contribution in [0.5, 0.6) is 0 Å². The summed E-state index contributed by atoms with van der Waals surface area (Å²) in [5.74, 6) is 0. The number of hydrogen-bond donors (Lipinski definition) is 3. The highest BCUT2D eigenvalue weighted by Crippen LogP contribution is 2.05. The first-order valence-electron chi connectivity index (χ1n) is 3.82. The van der Waals surface area contributed by atoms with E-state index in [0.29, 0.717) is 0 Å². The molecule has 0 heterocycles. The Bertz CT molecular complexity index is 233. The van der Waals surface area contributed by atoms with Crippen LogP contribution in [0, 0.1) is 0 Å². The van der Waals surface area contributed by atoms with Crippen molar-refractivity contribution >= 4 is 14.2 Å². The van der Waals surface area contributed by atoms with Crippen molar-refractivity contribution < 1.29 is 9.59 Å². The number of hydrogen-bond acceptors (Lipinski definition) is 3. The number of anilines is 1. The molecule has 12 heavy (non-hydrogen) atoms. The lowest BCUT2D eigenvalue weighted by Gasteiger charge is -2.13. The van der Waals surface area contributed by atoms with Gasteiger partial charge < -0.3 is 14.9 Å². The Morgan fingerprint density at radius 3 is 2.33 bits per heavy atom. The molecular weight excluding hydrogens is 170 g/mol. The van der Waals surface area contributed by atoms with E-state index in [2.05, 4.69) is 5.32 Å². The van der Waals surface area contributed by atoms with Crippen LogP contribution in [0.25, 0.3) is 0 Å². The van der Waals surface area contributed by atoms with Crippen molar-refractivity contribution in [2.24, 2.45) is 0 Å². The highest BCUT2D eigenvalue weighted by Gasteiger charge is 2.20. The summed E-state index contributed by atoms with van der Waals surface area (Å²) in [5, 5.41) is 2.95. The van der Waals surface area contributed by atoms with Crippen molar-refractivity contribution in [2.75, 3.05) is 11.5 Å². The SMILES string of the molecule is C[Si](O)(O)CNc1ccccc1. The molecule has 3 N–H and O–H groups in total. The van der Waals surface area contributed by atoms with Gasteiger partial charge in [0.05, 0.1) is 6.17 Å². The average molecular weight is 183 g/mol. The number of benzene rings is 1. The topological polar surface area (TPSA) is 52.5 Å². The molecule has 0 unspecified atom stereocenters. The van der Waals surface area contributed by atoms with E-state index in [-0.39, 0.29) is 6.17 Å². The summed E-state index contributed by atoms with van der Waals surface area (Å²) < 4.78 is 0. The molecule has 0 aromatic heterocycles. The van der Waals surface area contributed by atoms with Gasteiger partial charge in [0, 0.05) is 5.69 Å². The van der Waals surface area contributed by atoms with Gasteiger partial charge in [0.15, 0.2) is 0 Å². The van der Waals surface area contributed by atoms with Crippen LogP contribution >= 0.6 is 0 Å². The average Bonchev–Trinajstić information content (AvgIpc) is 2.02. The fourth-order valence-corrected chi connectivity index (χ4v) is 1.36. The minimum absolute atomic E-state index is 0.261. The second-order valence-electron chi connectivity index (χ2n) is 2.94. The predicted octanol–water partition coefficient (Wildman–Crippen LogP) is 0.694. The van der Waals surface area contributed by atoms with Gasteiger partial charge in [-0.3, -0.25) is 0 Å². The van der Waals surface area contributed by atoms with Crippen LogP contribution in [0.1, 0.15) is 0 Å². The Morgan fingerprint density at radius 1 is 1.25 bits per heavy atom. The Hall–Kier alpha value is -0.843. The summed E-state index contributed by atoms with van der Waals surface area (Å²) in [6.07, 6.45) is 0.261. The van der Waals surface area contributed by atoms with Gasteiger partial charge >= 0.3 is 8.56 Å². The first-order chi connectivity index (χ1) is 5.58. The molecule has 66 valence electrons. The lowest BCUT2D eigenvalue weighted by Crippen LogP contribution is -2.39. The van der Waals surface area contributed by atoms with Crippen LogP contribution in [0.15, 0.2) is 30.3 Å². The van der Waals surface area contributed by atoms with Gasteiger partial charge in [-0.1, -0.05) is 18.2 Å². The van der Waals surface area contributed by atoms with Gasteiger partial charge in [0.25, 0.3) is 0 Å². The third-order valence-electron chi connectivity index (χ3n) is 1.40. The molecule has 0 amide bonds. The molecule has 0 radical (unpaired) electrons. The van der Waals surface area contributed by atoms with Gasteiger partial charge in [0.1, 0.15) is 0 Å². The van der Waals surface area contributed by atoms with Crippen LogP contribution in [0.3, 0.4) is 0 Å². The second kappa shape index (κ2) is 3.71. The molecule has 0 bridgehead atoms. The van der Waals surface area contributed by atoms with E-state index in [1.165, 1.54) is 6.55 Å². The predicted molar refractivity (Wildman–Crippen MR) is 51.0 cm³/mol. The van der Waals surface area contributed by atoms with Gasteiger partial charge in [0.2, 0.25) is 0 Å².